The van der Waals surface area contributed by atoms with Crippen molar-refractivity contribution in [2.45, 2.75) is 18.9 Å². The fourth-order valence-electron chi connectivity index (χ4n) is 3.79. The van der Waals surface area contributed by atoms with Crippen LogP contribution < -0.4 is 15.0 Å². The molecule has 0 unspecified atom stereocenters. The van der Waals surface area contributed by atoms with Crippen LogP contribution in [0.3, 0.4) is 0 Å². The van der Waals surface area contributed by atoms with Gasteiger partial charge in [0.25, 0.3) is 5.91 Å². The van der Waals surface area contributed by atoms with Gasteiger partial charge in [0.05, 0.1) is 13.5 Å². The summed E-state index contributed by atoms with van der Waals surface area (Å²) in [6.07, 6.45) is 0.112. The lowest BCUT2D eigenvalue weighted by molar-refractivity contribution is -0.137. The molecule has 0 radical (unpaired) electrons. The number of benzene rings is 3. The number of nitrogens with one attached hydrogen (secondary N) is 1. The molecule has 0 aliphatic carbocycles. The van der Waals surface area contributed by atoms with E-state index in [-0.39, 0.29) is 18.2 Å². The molecular formula is C24H22N2O3. The molecule has 1 aliphatic rings. The molecule has 0 saturated carbocycles. The third kappa shape index (κ3) is 3.14. The van der Waals surface area contributed by atoms with Crippen molar-refractivity contribution in [3.63, 3.8) is 0 Å². The molecule has 1 N–H and O–H groups in total. The molecule has 5 heteroatoms. The molecule has 29 heavy (non-hydrogen) atoms. The number of carbonyl (C=O) groups is 2. The van der Waals surface area contributed by atoms with E-state index in [0.29, 0.717) is 11.4 Å². The number of anilines is 2. The molecule has 1 saturated heterocycles. The molecule has 1 heterocycles. The number of β-lactam (4-membered cyclic amide) rings is 1. The zero-order chi connectivity index (χ0) is 20.4. The minimum Gasteiger partial charge on any atom is -0.497 e. The van der Waals surface area contributed by atoms with Gasteiger partial charge in [0, 0.05) is 11.4 Å². The average molecular weight is 386 g/mol. The first-order valence-corrected chi connectivity index (χ1v) is 9.46. The summed E-state index contributed by atoms with van der Waals surface area (Å²) < 4.78 is 5.22. The van der Waals surface area contributed by atoms with Gasteiger partial charge in [-0.3, -0.25) is 14.5 Å². The number of amides is 2. The van der Waals surface area contributed by atoms with Crippen LogP contribution in [0.25, 0.3) is 0 Å². The lowest BCUT2D eigenvalue weighted by Crippen LogP contribution is -2.67. The van der Waals surface area contributed by atoms with Crippen LogP contribution in [0.1, 0.15) is 17.5 Å². The van der Waals surface area contributed by atoms with E-state index in [1.807, 2.05) is 61.5 Å². The third-order valence-corrected chi connectivity index (χ3v) is 5.39. The maximum Gasteiger partial charge on any atom is 0.255 e. The van der Waals surface area contributed by atoms with Crippen LogP contribution in [0.4, 0.5) is 11.4 Å². The average Bonchev–Trinajstić information content (AvgIpc) is 2.74. The second-order valence-electron chi connectivity index (χ2n) is 7.10. The summed E-state index contributed by atoms with van der Waals surface area (Å²) >= 11 is 0. The van der Waals surface area contributed by atoms with Crippen molar-refractivity contribution in [1.82, 2.24) is 0 Å². The molecule has 1 atom stereocenters. The molecule has 146 valence electrons. The predicted molar refractivity (Wildman–Crippen MR) is 113 cm³/mol. The van der Waals surface area contributed by atoms with Crippen molar-refractivity contribution < 1.29 is 14.3 Å². The minimum atomic E-state index is -1.10. The van der Waals surface area contributed by atoms with Crippen molar-refractivity contribution >= 4 is 23.2 Å². The Balaban J connectivity index is 1.78. The van der Waals surface area contributed by atoms with Crippen molar-refractivity contribution in [3.8, 4) is 5.75 Å². The minimum absolute atomic E-state index is 0.0982. The lowest BCUT2D eigenvalue weighted by Gasteiger charge is -2.50. The Bertz CT molecular complexity index is 1050. The lowest BCUT2D eigenvalue weighted by atomic mass is 9.76. The van der Waals surface area contributed by atoms with E-state index < -0.39 is 5.54 Å². The summed E-state index contributed by atoms with van der Waals surface area (Å²) in [4.78, 5) is 27.9. The first kappa shape index (κ1) is 18.7. The van der Waals surface area contributed by atoms with Gasteiger partial charge in [-0.25, -0.2) is 0 Å². The monoisotopic (exact) mass is 386 g/mol. The summed E-state index contributed by atoms with van der Waals surface area (Å²) in [5.74, 6) is 0.365. The molecular weight excluding hydrogens is 364 g/mol. The van der Waals surface area contributed by atoms with E-state index in [2.05, 4.69) is 5.32 Å². The zero-order valence-electron chi connectivity index (χ0n) is 16.4. The maximum atomic E-state index is 13.6. The van der Waals surface area contributed by atoms with Gasteiger partial charge in [0.2, 0.25) is 5.91 Å². The second-order valence-corrected chi connectivity index (χ2v) is 7.10. The zero-order valence-corrected chi connectivity index (χ0v) is 16.4. The van der Waals surface area contributed by atoms with Crippen LogP contribution in [0.2, 0.25) is 0 Å². The second kappa shape index (κ2) is 7.43. The molecule has 3 aromatic carbocycles. The number of hydrogen-bond donors (Lipinski definition) is 1. The third-order valence-electron chi connectivity index (χ3n) is 5.39. The summed E-state index contributed by atoms with van der Waals surface area (Å²) in [5, 5.41) is 3.04. The summed E-state index contributed by atoms with van der Waals surface area (Å²) in [6, 6.07) is 24.2. The molecule has 0 spiro atoms. The van der Waals surface area contributed by atoms with Crippen LogP contribution in [-0.4, -0.2) is 18.9 Å². The number of nitrogens with zero attached hydrogens (tertiary/aromatic N) is 1. The number of aryl methyl sites for hydroxylation is 1. The smallest absolute Gasteiger partial charge is 0.255 e. The van der Waals surface area contributed by atoms with Gasteiger partial charge in [0.15, 0.2) is 5.54 Å². The SMILES string of the molecule is COc1ccc(N2C(=O)C[C@@]2(C(=O)Nc2ccccc2C)c2ccccc2)cc1. The number of ether oxygens (including phenoxy) is 1. The quantitative estimate of drug-likeness (QED) is 0.666. The summed E-state index contributed by atoms with van der Waals surface area (Å²) in [7, 11) is 1.59. The Labute approximate surface area is 169 Å². The van der Waals surface area contributed by atoms with E-state index in [1.54, 1.807) is 36.3 Å². The Hall–Kier alpha value is -3.60. The van der Waals surface area contributed by atoms with Gasteiger partial charge in [-0.2, -0.15) is 0 Å². The standard InChI is InChI=1S/C24H22N2O3/c1-17-8-6-7-11-21(17)25-23(28)24(18-9-4-3-5-10-18)16-22(27)26(24)19-12-14-20(29-2)15-13-19/h3-15H,16H2,1-2H3,(H,25,28)/t24-/m0/s1. The highest BCUT2D eigenvalue weighted by Crippen LogP contribution is 2.46. The number of methoxy groups -OCH3 is 1. The van der Waals surface area contributed by atoms with Crippen LogP contribution in [0.5, 0.6) is 5.75 Å². The largest absolute Gasteiger partial charge is 0.497 e. The van der Waals surface area contributed by atoms with Gasteiger partial charge in [-0.15, -0.1) is 0 Å². The molecule has 2 amide bonds. The van der Waals surface area contributed by atoms with Gasteiger partial charge >= 0.3 is 0 Å². The number of para-hydroxylation sites is 1. The Morgan fingerprint density at radius 1 is 0.966 bits per heavy atom. The summed E-state index contributed by atoms with van der Waals surface area (Å²) in [5.41, 5.74) is 2.04. The Kier molecular flexibility index (Phi) is 4.80. The van der Waals surface area contributed by atoms with E-state index >= 15 is 0 Å². The van der Waals surface area contributed by atoms with Crippen LogP contribution in [0, 0.1) is 6.92 Å². The number of hydrogen-bond acceptors (Lipinski definition) is 3. The fraction of sp³-hybridized carbons (Fsp3) is 0.167. The van der Waals surface area contributed by atoms with E-state index in [1.165, 1.54) is 0 Å². The Morgan fingerprint density at radius 3 is 2.24 bits per heavy atom. The van der Waals surface area contributed by atoms with Gasteiger partial charge in [-0.1, -0.05) is 48.5 Å². The molecule has 0 aromatic heterocycles. The van der Waals surface area contributed by atoms with Gasteiger partial charge in [0.1, 0.15) is 5.75 Å². The van der Waals surface area contributed by atoms with Crippen LogP contribution in [0.15, 0.2) is 78.9 Å². The van der Waals surface area contributed by atoms with E-state index in [4.69, 9.17) is 4.74 Å². The highest BCUT2D eigenvalue weighted by molar-refractivity contribution is 6.17. The highest BCUT2D eigenvalue weighted by Gasteiger charge is 2.58. The molecule has 0 bridgehead atoms. The van der Waals surface area contributed by atoms with Crippen LogP contribution >= 0.6 is 0 Å². The van der Waals surface area contributed by atoms with Crippen molar-refractivity contribution in [2.24, 2.45) is 0 Å². The van der Waals surface area contributed by atoms with Gasteiger partial charge < -0.3 is 10.1 Å². The van der Waals surface area contributed by atoms with Gasteiger partial charge in [-0.05, 0) is 48.4 Å². The maximum absolute atomic E-state index is 13.6. The number of rotatable bonds is 5. The molecule has 1 fully saturated rings. The Morgan fingerprint density at radius 2 is 1.62 bits per heavy atom. The first-order valence-electron chi connectivity index (χ1n) is 9.46. The van der Waals surface area contributed by atoms with Crippen molar-refractivity contribution in [1.29, 1.82) is 0 Å². The molecule has 3 aromatic rings. The molecule has 1 aliphatic heterocycles. The predicted octanol–water partition coefficient (Wildman–Crippen LogP) is 4.27. The van der Waals surface area contributed by atoms with Crippen molar-refractivity contribution in [2.75, 3.05) is 17.3 Å². The molecule has 5 nitrogen and oxygen atoms in total. The fourth-order valence-corrected chi connectivity index (χ4v) is 3.79. The number of carbonyl (C=O) groups excluding carboxylic acids is 2. The topological polar surface area (TPSA) is 58.6 Å². The van der Waals surface area contributed by atoms with E-state index in [0.717, 1.165) is 16.8 Å². The highest BCUT2D eigenvalue weighted by atomic mass is 16.5. The van der Waals surface area contributed by atoms with Crippen LogP contribution in [-0.2, 0) is 15.1 Å². The summed E-state index contributed by atoms with van der Waals surface area (Å²) in [6.45, 7) is 1.94. The first-order chi connectivity index (χ1) is 14.1. The molecule has 4 rings (SSSR count). The van der Waals surface area contributed by atoms with E-state index in [9.17, 15) is 9.59 Å². The normalized spacial score (nSPS) is 18.1. The van der Waals surface area contributed by atoms with Crippen molar-refractivity contribution in [3.05, 3.63) is 90.0 Å².